The standard InChI is InChI=1S/C18H15N3O/c1-2-20-16-11-7-6-10-14(16)15-12-19-21(18(22)17(15)20)13-8-4-3-5-9-13/h3-12H,2H2,1H3. The Hall–Kier alpha value is -2.88. The molecule has 0 N–H and O–H groups in total. The summed E-state index contributed by atoms with van der Waals surface area (Å²) in [5.41, 5.74) is 2.48. The van der Waals surface area contributed by atoms with Crippen LogP contribution in [0.15, 0.2) is 65.6 Å². The van der Waals surface area contributed by atoms with Crippen LogP contribution in [0.25, 0.3) is 27.5 Å². The molecule has 2 aromatic carbocycles. The van der Waals surface area contributed by atoms with Gasteiger partial charge in [-0.2, -0.15) is 9.78 Å². The highest BCUT2D eigenvalue weighted by Crippen LogP contribution is 2.26. The summed E-state index contributed by atoms with van der Waals surface area (Å²) in [6.07, 6.45) is 1.79. The zero-order chi connectivity index (χ0) is 15.1. The molecule has 0 saturated carbocycles. The van der Waals surface area contributed by atoms with E-state index in [0.717, 1.165) is 28.5 Å². The lowest BCUT2D eigenvalue weighted by molar-refractivity contribution is 0.783. The number of aromatic nitrogens is 3. The lowest BCUT2D eigenvalue weighted by Crippen LogP contribution is -2.22. The molecule has 4 heteroatoms. The first kappa shape index (κ1) is 12.8. The fourth-order valence-corrected chi connectivity index (χ4v) is 3.04. The van der Waals surface area contributed by atoms with Crippen LogP contribution < -0.4 is 5.56 Å². The van der Waals surface area contributed by atoms with Crippen LogP contribution in [0.1, 0.15) is 6.92 Å². The lowest BCUT2D eigenvalue weighted by Gasteiger charge is -2.06. The predicted molar refractivity (Wildman–Crippen MR) is 88.5 cm³/mol. The zero-order valence-electron chi connectivity index (χ0n) is 12.2. The number of hydrogen-bond acceptors (Lipinski definition) is 2. The molecule has 22 heavy (non-hydrogen) atoms. The molecular formula is C18H15N3O. The van der Waals surface area contributed by atoms with Gasteiger partial charge in [0.25, 0.3) is 5.56 Å². The van der Waals surface area contributed by atoms with Crippen LogP contribution in [-0.2, 0) is 6.54 Å². The second-order valence-corrected chi connectivity index (χ2v) is 5.22. The number of aryl methyl sites for hydroxylation is 1. The minimum atomic E-state index is -0.0817. The van der Waals surface area contributed by atoms with Crippen molar-refractivity contribution >= 4 is 21.8 Å². The van der Waals surface area contributed by atoms with E-state index in [1.165, 1.54) is 4.68 Å². The molecular weight excluding hydrogens is 274 g/mol. The largest absolute Gasteiger partial charge is 0.336 e. The molecule has 0 bridgehead atoms. The van der Waals surface area contributed by atoms with E-state index in [1.807, 2.05) is 54.6 Å². The minimum absolute atomic E-state index is 0.0817. The smallest absolute Gasteiger partial charge is 0.296 e. The number of fused-ring (bicyclic) bond motifs is 3. The van der Waals surface area contributed by atoms with Crippen molar-refractivity contribution in [2.24, 2.45) is 0 Å². The summed E-state index contributed by atoms with van der Waals surface area (Å²) < 4.78 is 3.53. The Bertz CT molecular complexity index is 1030. The van der Waals surface area contributed by atoms with Crippen molar-refractivity contribution in [1.82, 2.24) is 14.3 Å². The first-order valence-corrected chi connectivity index (χ1v) is 7.36. The van der Waals surface area contributed by atoms with Crippen molar-refractivity contribution in [2.75, 3.05) is 0 Å². The molecule has 0 unspecified atom stereocenters. The highest BCUT2D eigenvalue weighted by Gasteiger charge is 2.15. The predicted octanol–water partition coefficient (Wildman–Crippen LogP) is 3.36. The average molecular weight is 289 g/mol. The van der Waals surface area contributed by atoms with Crippen LogP contribution in [0, 0.1) is 0 Å². The number of para-hydroxylation sites is 2. The molecule has 4 nitrogen and oxygen atoms in total. The minimum Gasteiger partial charge on any atom is -0.336 e. The summed E-state index contributed by atoms with van der Waals surface area (Å²) in [5, 5.41) is 6.35. The van der Waals surface area contributed by atoms with E-state index in [2.05, 4.69) is 16.6 Å². The normalized spacial score (nSPS) is 11.3. The van der Waals surface area contributed by atoms with Crippen LogP contribution in [-0.4, -0.2) is 14.3 Å². The van der Waals surface area contributed by atoms with Crippen molar-refractivity contribution in [2.45, 2.75) is 13.5 Å². The SMILES string of the molecule is CCn1c2ccccc2c2cnn(-c3ccccc3)c(=O)c21. The van der Waals surface area contributed by atoms with Crippen LogP contribution in [0.5, 0.6) is 0 Å². The highest BCUT2D eigenvalue weighted by molar-refractivity contribution is 6.07. The van der Waals surface area contributed by atoms with Crippen molar-refractivity contribution in [1.29, 1.82) is 0 Å². The Morgan fingerprint density at radius 1 is 0.955 bits per heavy atom. The summed E-state index contributed by atoms with van der Waals surface area (Å²) in [7, 11) is 0. The van der Waals surface area contributed by atoms with E-state index in [9.17, 15) is 4.79 Å². The lowest BCUT2D eigenvalue weighted by atomic mass is 10.2. The van der Waals surface area contributed by atoms with Crippen LogP contribution in [0.4, 0.5) is 0 Å². The van der Waals surface area contributed by atoms with Crippen LogP contribution >= 0.6 is 0 Å². The van der Waals surface area contributed by atoms with Gasteiger partial charge in [-0.1, -0.05) is 36.4 Å². The second kappa shape index (κ2) is 4.84. The second-order valence-electron chi connectivity index (χ2n) is 5.22. The number of benzene rings is 2. The molecule has 2 heterocycles. The summed E-state index contributed by atoms with van der Waals surface area (Å²) in [4.78, 5) is 13.0. The Kier molecular flexibility index (Phi) is 2.82. The van der Waals surface area contributed by atoms with Gasteiger partial charge in [0.2, 0.25) is 0 Å². The Labute approximate surface area is 127 Å². The third-order valence-electron chi connectivity index (χ3n) is 4.02. The molecule has 108 valence electrons. The molecule has 0 fully saturated rings. The van der Waals surface area contributed by atoms with Gasteiger partial charge < -0.3 is 4.57 Å². The van der Waals surface area contributed by atoms with E-state index in [-0.39, 0.29) is 5.56 Å². The van der Waals surface area contributed by atoms with Gasteiger partial charge in [0.15, 0.2) is 0 Å². The van der Waals surface area contributed by atoms with E-state index in [4.69, 9.17) is 0 Å². The van der Waals surface area contributed by atoms with Gasteiger partial charge in [0.1, 0.15) is 5.52 Å². The van der Waals surface area contributed by atoms with E-state index >= 15 is 0 Å². The maximum atomic E-state index is 13.0. The molecule has 0 aliphatic carbocycles. The van der Waals surface area contributed by atoms with Crippen molar-refractivity contribution in [3.8, 4) is 5.69 Å². The molecule has 4 aromatic rings. The number of rotatable bonds is 2. The summed E-state index contributed by atoms with van der Waals surface area (Å²) >= 11 is 0. The first-order valence-electron chi connectivity index (χ1n) is 7.36. The maximum Gasteiger partial charge on any atom is 0.296 e. The quantitative estimate of drug-likeness (QED) is 0.567. The fraction of sp³-hybridized carbons (Fsp3) is 0.111. The van der Waals surface area contributed by atoms with E-state index < -0.39 is 0 Å². The first-order chi connectivity index (χ1) is 10.8. The van der Waals surface area contributed by atoms with E-state index in [0.29, 0.717) is 5.52 Å². The molecule has 4 rings (SSSR count). The van der Waals surface area contributed by atoms with Crippen LogP contribution in [0.2, 0.25) is 0 Å². The fourth-order valence-electron chi connectivity index (χ4n) is 3.04. The van der Waals surface area contributed by atoms with Gasteiger partial charge in [-0.25, -0.2) is 0 Å². The monoisotopic (exact) mass is 289 g/mol. The van der Waals surface area contributed by atoms with Crippen molar-refractivity contribution < 1.29 is 0 Å². The average Bonchev–Trinajstić information content (AvgIpc) is 2.91. The van der Waals surface area contributed by atoms with Crippen molar-refractivity contribution in [3.63, 3.8) is 0 Å². The van der Waals surface area contributed by atoms with Gasteiger partial charge in [-0.05, 0) is 25.1 Å². The van der Waals surface area contributed by atoms with E-state index in [1.54, 1.807) is 6.20 Å². The number of hydrogen-bond donors (Lipinski definition) is 0. The van der Waals surface area contributed by atoms with Crippen molar-refractivity contribution in [3.05, 3.63) is 71.1 Å². The van der Waals surface area contributed by atoms with Gasteiger partial charge >= 0.3 is 0 Å². The third kappa shape index (κ3) is 1.70. The maximum absolute atomic E-state index is 13.0. The molecule has 0 aliphatic rings. The Morgan fingerprint density at radius 2 is 1.68 bits per heavy atom. The molecule has 2 aromatic heterocycles. The summed E-state index contributed by atoms with van der Waals surface area (Å²) in [5.74, 6) is 0. The molecule has 0 amide bonds. The topological polar surface area (TPSA) is 39.8 Å². The zero-order valence-corrected chi connectivity index (χ0v) is 12.2. The molecule has 0 saturated heterocycles. The molecule has 0 aliphatic heterocycles. The summed E-state index contributed by atoms with van der Waals surface area (Å²) in [6.45, 7) is 2.80. The van der Waals surface area contributed by atoms with Crippen LogP contribution in [0.3, 0.4) is 0 Å². The Balaban J connectivity index is 2.16. The summed E-state index contributed by atoms with van der Waals surface area (Å²) in [6, 6.07) is 17.6. The Morgan fingerprint density at radius 3 is 2.45 bits per heavy atom. The van der Waals surface area contributed by atoms with Gasteiger partial charge in [-0.3, -0.25) is 4.79 Å². The molecule has 0 spiro atoms. The number of nitrogens with zero attached hydrogens (tertiary/aromatic N) is 3. The van der Waals surface area contributed by atoms with Gasteiger partial charge in [0, 0.05) is 22.8 Å². The van der Waals surface area contributed by atoms with Gasteiger partial charge in [0.05, 0.1) is 11.9 Å². The highest BCUT2D eigenvalue weighted by atomic mass is 16.1. The molecule has 0 radical (unpaired) electrons. The third-order valence-corrected chi connectivity index (χ3v) is 4.02. The molecule has 0 atom stereocenters. The van der Waals surface area contributed by atoms with Gasteiger partial charge in [-0.15, -0.1) is 0 Å².